The average molecular weight is 244 g/mol. The fraction of sp³-hybridized carbons (Fsp3) is 0.917. The number of nitrogens with one attached hydrogen (secondary N) is 1. The van der Waals surface area contributed by atoms with Crippen LogP contribution in [0.15, 0.2) is 0 Å². The van der Waals surface area contributed by atoms with Gasteiger partial charge in [-0.1, -0.05) is 20.8 Å². The van der Waals surface area contributed by atoms with Gasteiger partial charge in [0, 0.05) is 30.1 Å². The Labute approximate surface area is 103 Å². The van der Waals surface area contributed by atoms with E-state index in [0.717, 1.165) is 18.7 Å². The first kappa shape index (κ1) is 13.8. The molecule has 1 saturated heterocycles. The number of likely N-dealkylation sites (N-methyl/N-ethyl adjacent to an activating group) is 1. The minimum Gasteiger partial charge on any atom is -0.344 e. The van der Waals surface area contributed by atoms with E-state index in [0.29, 0.717) is 10.8 Å². The molecule has 1 fully saturated rings. The Balaban J connectivity index is 2.29. The van der Waals surface area contributed by atoms with Gasteiger partial charge >= 0.3 is 0 Å². The first-order valence-corrected chi connectivity index (χ1v) is 6.93. The molecule has 0 saturated carbocycles. The summed E-state index contributed by atoms with van der Waals surface area (Å²) >= 11 is 1.94. The fourth-order valence-corrected chi connectivity index (χ4v) is 2.59. The molecule has 0 aromatic heterocycles. The highest BCUT2D eigenvalue weighted by Gasteiger charge is 2.29. The molecule has 0 aromatic rings. The second kappa shape index (κ2) is 5.41. The van der Waals surface area contributed by atoms with E-state index in [9.17, 15) is 4.79 Å². The van der Waals surface area contributed by atoms with Gasteiger partial charge in [0.1, 0.15) is 0 Å². The van der Waals surface area contributed by atoms with Crippen LogP contribution in [0.1, 0.15) is 34.1 Å². The summed E-state index contributed by atoms with van der Waals surface area (Å²) in [6.07, 6.45) is 0.944. The normalized spacial score (nSPS) is 23.9. The van der Waals surface area contributed by atoms with E-state index >= 15 is 0 Å². The summed E-state index contributed by atoms with van der Waals surface area (Å²) < 4.78 is 0.298. The lowest BCUT2D eigenvalue weighted by Gasteiger charge is -2.23. The van der Waals surface area contributed by atoms with Crippen molar-refractivity contribution in [2.24, 2.45) is 0 Å². The van der Waals surface area contributed by atoms with Crippen molar-refractivity contribution >= 4 is 17.7 Å². The lowest BCUT2D eigenvalue weighted by Crippen LogP contribution is -2.43. The van der Waals surface area contributed by atoms with Gasteiger partial charge in [-0.2, -0.15) is 11.8 Å². The van der Waals surface area contributed by atoms with Crippen LogP contribution in [0.4, 0.5) is 0 Å². The van der Waals surface area contributed by atoms with Gasteiger partial charge in [0.2, 0.25) is 5.91 Å². The molecule has 1 amide bonds. The number of hydrogen-bond donors (Lipinski definition) is 1. The molecule has 0 spiro atoms. The van der Waals surface area contributed by atoms with Gasteiger partial charge in [-0.25, -0.2) is 0 Å². The summed E-state index contributed by atoms with van der Waals surface area (Å²) in [5, 5.41) is 3.42. The van der Waals surface area contributed by atoms with Crippen molar-refractivity contribution in [3.8, 4) is 0 Å². The van der Waals surface area contributed by atoms with E-state index in [4.69, 9.17) is 0 Å². The summed E-state index contributed by atoms with van der Waals surface area (Å²) in [4.78, 5) is 13.5. The first-order chi connectivity index (χ1) is 7.29. The SMILES string of the molecule is CC(CSC(C)(C)C)NC1CCN(C)C1=O. The summed E-state index contributed by atoms with van der Waals surface area (Å²) in [6.45, 7) is 9.70. The van der Waals surface area contributed by atoms with Crippen LogP contribution in [0.25, 0.3) is 0 Å². The molecule has 1 N–H and O–H groups in total. The number of rotatable bonds is 4. The summed E-state index contributed by atoms with van der Waals surface area (Å²) in [7, 11) is 1.87. The predicted molar refractivity (Wildman–Crippen MR) is 70.9 cm³/mol. The molecule has 1 aliphatic rings. The zero-order valence-electron chi connectivity index (χ0n) is 11.0. The van der Waals surface area contributed by atoms with Gasteiger partial charge in [0.05, 0.1) is 6.04 Å². The average Bonchev–Trinajstić information content (AvgIpc) is 2.46. The van der Waals surface area contributed by atoms with Crippen molar-refractivity contribution in [1.29, 1.82) is 0 Å². The highest BCUT2D eigenvalue weighted by molar-refractivity contribution is 8.00. The van der Waals surface area contributed by atoms with Crippen LogP contribution in [0, 0.1) is 0 Å². The van der Waals surface area contributed by atoms with Crippen LogP contribution < -0.4 is 5.32 Å². The predicted octanol–water partition coefficient (Wildman–Crippen LogP) is 1.73. The number of nitrogens with zero attached hydrogens (tertiary/aromatic N) is 1. The van der Waals surface area contributed by atoms with Gasteiger partial charge in [0.25, 0.3) is 0 Å². The molecule has 0 radical (unpaired) electrons. The Kier molecular flexibility index (Phi) is 4.68. The molecule has 0 aliphatic carbocycles. The van der Waals surface area contributed by atoms with Crippen LogP contribution in [-0.2, 0) is 4.79 Å². The second-order valence-corrected chi connectivity index (χ2v) is 7.44. The lowest BCUT2D eigenvalue weighted by molar-refractivity contribution is -0.128. The second-order valence-electron chi connectivity index (χ2n) is 5.59. The summed E-state index contributed by atoms with van der Waals surface area (Å²) in [5.41, 5.74) is 0. The van der Waals surface area contributed by atoms with Crippen molar-refractivity contribution in [3.05, 3.63) is 0 Å². The molecule has 2 atom stereocenters. The molecule has 1 rings (SSSR count). The van der Waals surface area contributed by atoms with Crippen molar-refractivity contribution in [2.75, 3.05) is 19.3 Å². The van der Waals surface area contributed by atoms with Gasteiger partial charge in [-0.15, -0.1) is 0 Å². The number of likely N-dealkylation sites (tertiary alicyclic amines) is 1. The molecular weight excluding hydrogens is 220 g/mol. The standard InChI is InChI=1S/C12H24N2OS/c1-9(8-16-12(2,3)4)13-10-6-7-14(5)11(10)15/h9-10,13H,6-8H2,1-5H3. The van der Waals surface area contributed by atoms with E-state index < -0.39 is 0 Å². The maximum absolute atomic E-state index is 11.7. The highest BCUT2D eigenvalue weighted by atomic mass is 32.2. The van der Waals surface area contributed by atoms with Crippen molar-refractivity contribution in [2.45, 2.75) is 50.9 Å². The maximum Gasteiger partial charge on any atom is 0.239 e. The smallest absolute Gasteiger partial charge is 0.239 e. The molecule has 1 aliphatic heterocycles. The Morgan fingerprint density at radius 2 is 2.19 bits per heavy atom. The zero-order valence-corrected chi connectivity index (χ0v) is 11.9. The summed E-state index contributed by atoms with van der Waals surface area (Å²) in [5.74, 6) is 1.30. The van der Waals surface area contributed by atoms with Crippen LogP contribution >= 0.6 is 11.8 Å². The molecule has 94 valence electrons. The molecule has 4 heteroatoms. The highest BCUT2D eigenvalue weighted by Crippen LogP contribution is 2.24. The van der Waals surface area contributed by atoms with Gasteiger partial charge < -0.3 is 10.2 Å². The van der Waals surface area contributed by atoms with E-state index in [1.165, 1.54) is 0 Å². The van der Waals surface area contributed by atoms with E-state index in [-0.39, 0.29) is 11.9 Å². The third-order valence-electron chi connectivity index (χ3n) is 2.68. The number of amides is 1. The van der Waals surface area contributed by atoms with Crippen molar-refractivity contribution in [3.63, 3.8) is 0 Å². The third-order valence-corrected chi connectivity index (χ3v) is 4.21. The molecule has 0 bridgehead atoms. The van der Waals surface area contributed by atoms with Gasteiger partial charge in [0.15, 0.2) is 0 Å². The van der Waals surface area contributed by atoms with Crippen LogP contribution in [0.2, 0.25) is 0 Å². The molecular formula is C12H24N2OS. The van der Waals surface area contributed by atoms with E-state index in [1.54, 1.807) is 4.90 Å². The van der Waals surface area contributed by atoms with Crippen molar-refractivity contribution in [1.82, 2.24) is 10.2 Å². The van der Waals surface area contributed by atoms with Gasteiger partial charge in [-0.3, -0.25) is 4.79 Å². The Bertz CT molecular complexity index is 250. The zero-order chi connectivity index (χ0) is 12.3. The lowest BCUT2D eigenvalue weighted by atomic mass is 10.2. The Hall–Kier alpha value is -0.220. The minimum absolute atomic E-state index is 0.0422. The minimum atomic E-state index is 0.0422. The largest absolute Gasteiger partial charge is 0.344 e. The van der Waals surface area contributed by atoms with Gasteiger partial charge in [-0.05, 0) is 13.3 Å². The first-order valence-electron chi connectivity index (χ1n) is 5.94. The quantitative estimate of drug-likeness (QED) is 0.817. The molecule has 16 heavy (non-hydrogen) atoms. The van der Waals surface area contributed by atoms with Crippen LogP contribution in [-0.4, -0.2) is 47.0 Å². The molecule has 3 nitrogen and oxygen atoms in total. The van der Waals surface area contributed by atoms with E-state index in [1.807, 2.05) is 18.8 Å². The molecule has 0 aromatic carbocycles. The maximum atomic E-state index is 11.7. The molecule has 2 unspecified atom stereocenters. The number of carbonyl (C=O) groups excluding carboxylic acids is 1. The Morgan fingerprint density at radius 3 is 2.62 bits per heavy atom. The summed E-state index contributed by atoms with van der Waals surface area (Å²) in [6, 6.07) is 0.435. The van der Waals surface area contributed by atoms with E-state index in [2.05, 4.69) is 33.0 Å². The van der Waals surface area contributed by atoms with Crippen LogP contribution in [0.5, 0.6) is 0 Å². The third kappa shape index (κ3) is 4.34. The number of thioether (sulfide) groups is 1. The Morgan fingerprint density at radius 1 is 1.56 bits per heavy atom. The fourth-order valence-electron chi connectivity index (χ4n) is 1.74. The number of carbonyl (C=O) groups is 1. The van der Waals surface area contributed by atoms with Crippen LogP contribution in [0.3, 0.4) is 0 Å². The monoisotopic (exact) mass is 244 g/mol. The number of hydrogen-bond acceptors (Lipinski definition) is 3. The molecule has 1 heterocycles. The topological polar surface area (TPSA) is 32.3 Å². The van der Waals surface area contributed by atoms with Crippen molar-refractivity contribution < 1.29 is 4.79 Å².